The number of carboxylic acid groups (broad SMARTS) is 1. The summed E-state index contributed by atoms with van der Waals surface area (Å²) >= 11 is 2.79. The van der Waals surface area contributed by atoms with Crippen LogP contribution < -0.4 is 26.6 Å². The predicted octanol–water partition coefficient (Wildman–Crippen LogP) is 4.50. The van der Waals surface area contributed by atoms with Crippen molar-refractivity contribution >= 4 is 63.9 Å². The lowest BCUT2D eigenvalue weighted by Gasteiger charge is -2.26. The monoisotopic (exact) mass is 791 g/mol. The number of rotatable bonds is 8. The van der Waals surface area contributed by atoms with E-state index in [1.54, 1.807) is 24.3 Å². The summed E-state index contributed by atoms with van der Waals surface area (Å²) in [4.78, 5) is 82.3. The van der Waals surface area contributed by atoms with Gasteiger partial charge in [0.25, 0.3) is 0 Å². The van der Waals surface area contributed by atoms with Crippen molar-refractivity contribution in [1.82, 2.24) is 21.3 Å². The SMILES string of the molecule is O=C1CCC(=O)N[C@H](Cc2cccs2)C(=O)N[C@@H](Cc2ccc(-c3ccccc3)cc2)C(=O)N[C@H](Cc2cccs2)C(=O)N[C@H](C(=O)O)Cc2ccc(cc2)N1. The van der Waals surface area contributed by atoms with E-state index in [1.165, 1.54) is 22.7 Å². The Labute approximate surface area is 331 Å². The van der Waals surface area contributed by atoms with Gasteiger partial charge in [0.1, 0.15) is 24.2 Å². The second kappa shape index (κ2) is 19.0. The summed E-state index contributed by atoms with van der Waals surface area (Å²) in [6.45, 7) is 0. The molecule has 6 N–H and O–H groups in total. The molecule has 4 heterocycles. The van der Waals surface area contributed by atoms with Crippen molar-refractivity contribution in [3.05, 3.63) is 135 Å². The van der Waals surface area contributed by atoms with Crippen LogP contribution in [0.4, 0.5) is 5.69 Å². The van der Waals surface area contributed by atoms with Crippen LogP contribution in [0.15, 0.2) is 114 Å². The third kappa shape index (κ3) is 11.2. The van der Waals surface area contributed by atoms with Gasteiger partial charge in [-0.2, -0.15) is 0 Å². The fraction of sp³-hybridized carbons (Fsp3) is 0.238. The molecule has 0 fully saturated rings. The first-order valence-corrected chi connectivity index (χ1v) is 19.9. The smallest absolute Gasteiger partial charge is 0.326 e. The van der Waals surface area contributed by atoms with Gasteiger partial charge in [-0.1, -0.05) is 78.9 Å². The van der Waals surface area contributed by atoms with E-state index in [4.69, 9.17) is 0 Å². The second-order valence-corrected chi connectivity index (χ2v) is 15.5. The largest absolute Gasteiger partial charge is 0.480 e. The van der Waals surface area contributed by atoms with Crippen LogP contribution in [0.5, 0.6) is 0 Å². The van der Waals surface area contributed by atoms with Crippen LogP contribution >= 0.6 is 22.7 Å². The number of fused-ring (bicyclic) bond motifs is 18. The summed E-state index contributed by atoms with van der Waals surface area (Å²) in [5.41, 5.74) is 3.70. The van der Waals surface area contributed by atoms with Crippen LogP contribution in [0.1, 0.15) is 33.7 Å². The molecule has 12 nitrogen and oxygen atoms in total. The summed E-state index contributed by atoms with van der Waals surface area (Å²) in [6, 6.07) is 26.2. The zero-order valence-corrected chi connectivity index (χ0v) is 31.9. The van der Waals surface area contributed by atoms with Crippen LogP contribution in [0.25, 0.3) is 11.1 Å². The Kier molecular flexibility index (Phi) is 13.4. The normalized spacial score (nSPS) is 20.1. The summed E-state index contributed by atoms with van der Waals surface area (Å²) in [7, 11) is 0. The van der Waals surface area contributed by atoms with Gasteiger partial charge in [-0.05, 0) is 57.3 Å². The number of anilines is 1. The lowest BCUT2D eigenvalue weighted by molar-refractivity contribution is -0.142. The Balaban J connectivity index is 1.33. The van der Waals surface area contributed by atoms with E-state index in [0.29, 0.717) is 11.3 Å². The number of hydrogen-bond acceptors (Lipinski definition) is 8. The highest BCUT2D eigenvalue weighted by atomic mass is 32.1. The molecule has 0 aliphatic carbocycles. The van der Waals surface area contributed by atoms with Gasteiger partial charge in [0.05, 0.1) is 0 Å². The summed E-state index contributed by atoms with van der Waals surface area (Å²) in [6.07, 6.45) is -0.197. The predicted molar refractivity (Wildman–Crippen MR) is 215 cm³/mol. The highest BCUT2D eigenvalue weighted by Gasteiger charge is 2.32. The number of carbonyl (C=O) groups excluding carboxylic acids is 5. The van der Waals surface area contributed by atoms with Crippen molar-refractivity contribution in [2.24, 2.45) is 0 Å². The molecular formula is C42H41N5O7S2. The highest BCUT2D eigenvalue weighted by Crippen LogP contribution is 2.21. The number of aliphatic carboxylic acids is 1. The van der Waals surface area contributed by atoms with E-state index in [0.717, 1.165) is 26.4 Å². The standard InChI is InChI=1S/C42H41N5O7S2/c48-37-18-19-38(49)44-34(24-31-8-4-20-55-31)40(51)45-33(22-26-10-14-29(15-11-26)28-6-2-1-3-7-28)39(50)46-35(25-32-9-5-21-56-32)41(52)47-36(42(53)54)23-27-12-16-30(43-37)17-13-27/h1-17,20-21,33-36H,18-19,22-25H2,(H,43,48)(H,44,49)(H,45,51)(H,46,50)(H,47,52)(H,53,54)/t33-,34+,35+,36-/m0/s1. The van der Waals surface area contributed by atoms with Crippen LogP contribution in [0.3, 0.4) is 0 Å². The first kappa shape index (κ1) is 39.6. The number of benzene rings is 3. The van der Waals surface area contributed by atoms with Gasteiger partial charge in [-0.25, -0.2) is 4.79 Å². The van der Waals surface area contributed by atoms with Crippen LogP contribution in [0, 0.1) is 0 Å². The highest BCUT2D eigenvalue weighted by molar-refractivity contribution is 7.10. The topological polar surface area (TPSA) is 183 Å². The van der Waals surface area contributed by atoms with E-state index >= 15 is 0 Å². The van der Waals surface area contributed by atoms with Crippen molar-refractivity contribution in [3.63, 3.8) is 0 Å². The van der Waals surface area contributed by atoms with Gasteiger partial charge in [-0.15, -0.1) is 22.7 Å². The van der Waals surface area contributed by atoms with E-state index in [2.05, 4.69) is 26.6 Å². The number of carbonyl (C=O) groups is 6. The first-order valence-electron chi connectivity index (χ1n) is 18.1. The third-order valence-electron chi connectivity index (χ3n) is 9.26. The number of thiophene rings is 2. The average Bonchev–Trinajstić information content (AvgIpc) is 3.92. The second-order valence-electron chi connectivity index (χ2n) is 13.4. The zero-order valence-electron chi connectivity index (χ0n) is 30.2. The number of nitrogens with one attached hydrogen (secondary N) is 5. The molecule has 0 radical (unpaired) electrons. The van der Waals surface area contributed by atoms with Gasteiger partial charge >= 0.3 is 5.97 Å². The van der Waals surface area contributed by atoms with E-state index in [9.17, 15) is 33.9 Å². The minimum absolute atomic E-state index is 0.0351. The Morgan fingerprint density at radius 3 is 1.68 bits per heavy atom. The molecule has 3 aromatic carbocycles. The molecule has 288 valence electrons. The fourth-order valence-electron chi connectivity index (χ4n) is 6.28. The molecule has 5 amide bonds. The Morgan fingerprint density at radius 2 is 1.11 bits per heavy atom. The molecule has 4 atom stereocenters. The van der Waals surface area contributed by atoms with Crippen LogP contribution in [-0.4, -0.2) is 64.8 Å². The molecule has 0 spiro atoms. The molecule has 0 saturated heterocycles. The molecule has 2 aromatic heterocycles. The van der Waals surface area contributed by atoms with E-state index < -0.39 is 59.7 Å². The van der Waals surface area contributed by atoms with Crippen LogP contribution in [0.2, 0.25) is 0 Å². The van der Waals surface area contributed by atoms with Crippen molar-refractivity contribution < 1.29 is 33.9 Å². The Bertz CT molecular complexity index is 2120. The number of carboxylic acids is 1. The van der Waals surface area contributed by atoms with Gasteiger partial charge < -0.3 is 31.7 Å². The third-order valence-corrected chi connectivity index (χ3v) is 11.1. The summed E-state index contributed by atoms with van der Waals surface area (Å²) in [5, 5.41) is 27.5. The van der Waals surface area contributed by atoms with Crippen molar-refractivity contribution in [1.29, 1.82) is 0 Å². The molecule has 5 aromatic rings. The summed E-state index contributed by atoms with van der Waals surface area (Å²) < 4.78 is 0. The van der Waals surface area contributed by atoms with Crippen molar-refractivity contribution in [2.75, 3.05) is 5.32 Å². The first-order chi connectivity index (χ1) is 27.1. The maximum Gasteiger partial charge on any atom is 0.326 e. The minimum Gasteiger partial charge on any atom is -0.480 e. The Morgan fingerprint density at radius 1 is 0.571 bits per heavy atom. The molecule has 2 aliphatic heterocycles. The average molecular weight is 792 g/mol. The molecule has 2 bridgehead atoms. The summed E-state index contributed by atoms with van der Waals surface area (Å²) in [5.74, 6) is -4.24. The quantitative estimate of drug-likeness (QED) is 0.125. The van der Waals surface area contributed by atoms with E-state index in [-0.39, 0.29) is 38.5 Å². The van der Waals surface area contributed by atoms with Gasteiger partial charge in [0.15, 0.2) is 0 Å². The molecular weight excluding hydrogens is 751 g/mol. The van der Waals surface area contributed by atoms with Crippen molar-refractivity contribution in [2.45, 2.75) is 62.7 Å². The lowest BCUT2D eigenvalue weighted by Crippen LogP contribution is -2.59. The molecule has 2 aliphatic rings. The Hall–Kier alpha value is -6.12. The van der Waals surface area contributed by atoms with Crippen LogP contribution in [-0.2, 0) is 54.5 Å². The molecule has 0 saturated carbocycles. The van der Waals surface area contributed by atoms with Gasteiger partial charge in [-0.3, -0.25) is 24.0 Å². The number of hydrogen-bond donors (Lipinski definition) is 6. The van der Waals surface area contributed by atoms with Crippen molar-refractivity contribution in [3.8, 4) is 11.1 Å². The fourth-order valence-corrected chi connectivity index (χ4v) is 7.79. The van der Waals surface area contributed by atoms with Gasteiger partial charge in [0, 0.05) is 54.0 Å². The molecule has 7 rings (SSSR count). The maximum absolute atomic E-state index is 14.3. The molecule has 56 heavy (non-hydrogen) atoms. The number of amides is 5. The lowest BCUT2D eigenvalue weighted by atomic mass is 9.99. The maximum atomic E-state index is 14.3. The molecule has 14 heteroatoms. The van der Waals surface area contributed by atoms with Gasteiger partial charge in [0.2, 0.25) is 29.5 Å². The molecule has 0 unspecified atom stereocenters. The van der Waals surface area contributed by atoms with E-state index in [1.807, 2.05) is 89.6 Å². The minimum atomic E-state index is -1.34. The zero-order chi connectivity index (χ0) is 39.4.